The average Bonchev–Trinajstić information content (AvgIpc) is 3.26. The average molecular weight is 268 g/mol. The number of hydrogen-bond acceptors (Lipinski definition) is 3. The van der Waals surface area contributed by atoms with Crippen molar-refractivity contribution in [2.75, 3.05) is 7.05 Å². The first-order valence-corrected chi connectivity index (χ1v) is 6.43. The molecule has 20 heavy (non-hydrogen) atoms. The summed E-state index contributed by atoms with van der Waals surface area (Å²) in [6, 6.07) is 9.01. The van der Waals surface area contributed by atoms with Crippen LogP contribution >= 0.6 is 0 Å². The molecular formula is C16H16N2O2. The monoisotopic (exact) mass is 268 g/mol. The molecule has 2 N–H and O–H groups in total. The number of carbonyl (C=O) groups is 1. The summed E-state index contributed by atoms with van der Waals surface area (Å²) in [5, 5.41) is 22.0. The van der Waals surface area contributed by atoms with Crippen molar-refractivity contribution in [2.45, 2.75) is 25.4 Å². The third kappa shape index (κ3) is 2.52. The van der Waals surface area contributed by atoms with Gasteiger partial charge in [0.15, 0.2) is 0 Å². The molecule has 1 aromatic rings. The molecule has 4 heteroatoms. The van der Waals surface area contributed by atoms with E-state index in [4.69, 9.17) is 5.26 Å². The van der Waals surface area contributed by atoms with Crippen LogP contribution in [0.1, 0.15) is 35.7 Å². The molecule has 0 spiro atoms. The highest BCUT2D eigenvalue weighted by Gasteiger charge is 2.56. The molecule has 0 heterocycles. The van der Waals surface area contributed by atoms with Crippen LogP contribution in [0, 0.1) is 28.6 Å². The normalized spacial score (nSPS) is 17.9. The molecular weight excluding hydrogens is 252 g/mol. The Morgan fingerprint density at radius 1 is 1.50 bits per heavy atom. The lowest BCUT2D eigenvalue weighted by Crippen LogP contribution is -2.33. The first-order valence-electron chi connectivity index (χ1n) is 6.43. The SMILES string of the molecule is CNC(=O)c1cccc(C#C[C@@](C)(O)C2(C#N)CC2)c1. The maximum Gasteiger partial charge on any atom is 0.251 e. The van der Waals surface area contributed by atoms with Gasteiger partial charge in [-0.3, -0.25) is 4.79 Å². The molecule has 0 aliphatic heterocycles. The van der Waals surface area contributed by atoms with Crippen LogP contribution in [-0.2, 0) is 0 Å². The van der Waals surface area contributed by atoms with Crippen molar-refractivity contribution in [3.63, 3.8) is 0 Å². The Morgan fingerprint density at radius 2 is 2.20 bits per heavy atom. The molecule has 0 aromatic heterocycles. The molecule has 1 saturated carbocycles. The van der Waals surface area contributed by atoms with Crippen molar-refractivity contribution in [2.24, 2.45) is 5.41 Å². The highest BCUT2D eigenvalue weighted by molar-refractivity contribution is 5.94. The van der Waals surface area contributed by atoms with Crippen molar-refractivity contribution in [3.8, 4) is 17.9 Å². The summed E-state index contributed by atoms with van der Waals surface area (Å²) in [6.07, 6.45) is 1.34. The van der Waals surface area contributed by atoms with Gasteiger partial charge in [0.25, 0.3) is 5.91 Å². The van der Waals surface area contributed by atoms with Gasteiger partial charge in [-0.05, 0) is 38.0 Å². The van der Waals surface area contributed by atoms with E-state index >= 15 is 0 Å². The van der Waals surface area contributed by atoms with E-state index in [1.165, 1.54) is 0 Å². The molecule has 1 aliphatic rings. The third-order valence-electron chi connectivity index (χ3n) is 3.70. The zero-order chi connectivity index (χ0) is 14.8. The Hall–Kier alpha value is -2.30. The molecule has 1 aromatic carbocycles. The first kappa shape index (κ1) is 14.1. The van der Waals surface area contributed by atoms with Crippen LogP contribution < -0.4 is 5.32 Å². The van der Waals surface area contributed by atoms with Crippen molar-refractivity contribution in [3.05, 3.63) is 35.4 Å². The van der Waals surface area contributed by atoms with Gasteiger partial charge in [-0.1, -0.05) is 17.9 Å². The van der Waals surface area contributed by atoms with Gasteiger partial charge in [-0.2, -0.15) is 5.26 Å². The molecule has 1 fully saturated rings. The first-order chi connectivity index (χ1) is 9.44. The molecule has 4 nitrogen and oxygen atoms in total. The summed E-state index contributed by atoms with van der Waals surface area (Å²) in [4.78, 5) is 11.5. The summed E-state index contributed by atoms with van der Waals surface area (Å²) in [5.41, 5.74) is -0.913. The lowest BCUT2D eigenvalue weighted by molar-refractivity contribution is 0.0682. The highest BCUT2D eigenvalue weighted by Crippen LogP contribution is 2.53. The van der Waals surface area contributed by atoms with E-state index in [0.717, 1.165) is 0 Å². The molecule has 0 bridgehead atoms. The van der Waals surface area contributed by atoms with E-state index < -0.39 is 11.0 Å². The topological polar surface area (TPSA) is 73.1 Å². The van der Waals surface area contributed by atoms with E-state index in [9.17, 15) is 9.90 Å². The Labute approximate surface area is 118 Å². The second kappa shape index (κ2) is 5.00. The van der Waals surface area contributed by atoms with E-state index in [2.05, 4.69) is 23.2 Å². The van der Waals surface area contributed by atoms with Crippen LogP contribution in [0.5, 0.6) is 0 Å². The Bertz CT molecular complexity index is 640. The third-order valence-corrected chi connectivity index (χ3v) is 3.70. The minimum Gasteiger partial charge on any atom is -0.376 e. The number of hydrogen-bond donors (Lipinski definition) is 2. The van der Waals surface area contributed by atoms with E-state index in [0.29, 0.717) is 24.0 Å². The number of amides is 1. The van der Waals surface area contributed by atoms with Gasteiger partial charge in [0.05, 0.1) is 11.5 Å². The predicted octanol–water partition coefficient (Wildman–Crippen LogP) is 1.45. The van der Waals surface area contributed by atoms with E-state index in [1.807, 2.05) is 0 Å². The molecule has 102 valence electrons. The smallest absolute Gasteiger partial charge is 0.251 e. The molecule has 2 rings (SSSR count). The standard InChI is InChI=1S/C16H16N2O2/c1-15(20,16(11-17)8-9-16)7-6-12-4-3-5-13(10-12)14(19)18-2/h3-5,10,20H,8-9H2,1-2H3,(H,18,19)/t15-/m1/s1. The summed E-state index contributed by atoms with van der Waals surface area (Å²) in [5.74, 6) is 5.43. The lowest BCUT2D eigenvalue weighted by atomic mass is 9.87. The van der Waals surface area contributed by atoms with Crippen LogP contribution in [0.3, 0.4) is 0 Å². The number of carbonyl (C=O) groups excluding carboxylic acids is 1. The quantitative estimate of drug-likeness (QED) is 0.797. The second-order valence-electron chi connectivity index (χ2n) is 5.18. The second-order valence-corrected chi connectivity index (χ2v) is 5.18. The summed E-state index contributed by atoms with van der Waals surface area (Å²) in [7, 11) is 1.56. The van der Waals surface area contributed by atoms with Gasteiger partial charge in [-0.25, -0.2) is 0 Å². The number of nitrogens with zero attached hydrogens (tertiary/aromatic N) is 1. The zero-order valence-electron chi connectivity index (χ0n) is 11.5. The molecule has 1 aliphatic carbocycles. The van der Waals surface area contributed by atoms with Gasteiger partial charge in [0.2, 0.25) is 0 Å². The van der Waals surface area contributed by atoms with Gasteiger partial charge >= 0.3 is 0 Å². The van der Waals surface area contributed by atoms with Crippen LogP contribution in [0.25, 0.3) is 0 Å². The van der Waals surface area contributed by atoms with Gasteiger partial charge in [0.1, 0.15) is 5.60 Å². The van der Waals surface area contributed by atoms with Crippen molar-refractivity contribution in [1.82, 2.24) is 5.32 Å². The van der Waals surface area contributed by atoms with Crippen LogP contribution in [0.2, 0.25) is 0 Å². The van der Waals surface area contributed by atoms with Crippen LogP contribution in [0.15, 0.2) is 24.3 Å². The van der Waals surface area contributed by atoms with Gasteiger partial charge in [0, 0.05) is 18.2 Å². The highest BCUT2D eigenvalue weighted by atomic mass is 16.3. The Morgan fingerprint density at radius 3 is 2.75 bits per heavy atom. The summed E-state index contributed by atoms with van der Waals surface area (Å²) in [6.45, 7) is 1.57. The van der Waals surface area contributed by atoms with E-state index in [-0.39, 0.29) is 5.91 Å². The van der Waals surface area contributed by atoms with Gasteiger partial charge in [-0.15, -0.1) is 0 Å². The number of benzene rings is 1. The number of nitrogens with one attached hydrogen (secondary N) is 1. The minimum atomic E-state index is -1.33. The maximum absolute atomic E-state index is 11.5. The van der Waals surface area contributed by atoms with Crippen molar-refractivity contribution in [1.29, 1.82) is 5.26 Å². The fraction of sp³-hybridized carbons (Fsp3) is 0.375. The molecule has 0 saturated heterocycles. The Kier molecular flexibility index (Phi) is 3.53. The lowest BCUT2D eigenvalue weighted by Gasteiger charge is -2.21. The maximum atomic E-state index is 11.5. The minimum absolute atomic E-state index is 0.184. The zero-order valence-corrected chi connectivity index (χ0v) is 11.5. The fourth-order valence-electron chi connectivity index (χ4n) is 2.03. The number of nitriles is 1. The van der Waals surface area contributed by atoms with Crippen molar-refractivity contribution < 1.29 is 9.90 Å². The van der Waals surface area contributed by atoms with Crippen molar-refractivity contribution >= 4 is 5.91 Å². The van der Waals surface area contributed by atoms with Crippen LogP contribution in [-0.4, -0.2) is 23.7 Å². The Balaban J connectivity index is 2.26. The molecule has 0 unspecified atom stereocenters. The van der Waals surface area contributed by atoms with Crippen LogP contribution in [0.4, 0.5) is 0 Å². The summed E-state index contributed by atoms with van der Waals surface area (Å²) >= 11 is 0. The van der Waals surface area contributed by atoms with Gasteiger partial charge < -0.3 is 10.4 Å². The molecule has 1 amide bonds. The summed E-state index contributed by atoms with van der Waals surface area (Å²) < 4.78 is 0. The molecule has 1 atom stereocenters. The number of rotatable bonds is 2. The fourth-order valence-corrected chi connectivity index (χ4v) is 2.03. The molecule has 0 radical (unpaired) electrons. The largest absolute Gasteiger partial charge is 0.376 e. The predicted molar refractivity (Wildman–Crippen MR) is 74.6 cm³/mol. The van der Waals surface area contributed by atoms with E-state index in [1.54, 1.807) is 38.2 Å². The number of aliphatic hydroxyl groups is 1.